The normalized spacial score (nSPS) is 16.2. The maximum atomic E-state index is 12.9. The molecule has 0 N–H and O–H groups in total. The number of amides is 1. The van der Waals surface area contributed by atoms with Crippen LogP contribution in [0.5, 0.6) is 0 Å². The van der Waals surface area contributed by atoms with Crippen molar-refractivity contribution in [3.63, 3.8) is 0 Å². The molecule has 0 radical (unpaired) electrons. The number of rotatable bonds is 4. The van der Waals surface area contributed by atoms with E-state index in [1.165, 1.54) is 11.0 Å². The molecule has 0 unspecified atom stereocenters. The summed E-state index contributed by atoms with van der Waals surface area (Å²) in [6, 6.07) is 7.84. The summed E-state index contributed by atoms with van der Waals surface area (Å²) in [5, 5.41) is -1.26. The number of halogens is 3. The number of hydrogen-bond acceptors (Lipinski definition) is 6. The van der Waals surface area contributed by atoms with E-state index in [-0.39, 0.29) is 13.1 Å². The van der Waals surface area contributed by atoms with Crippen LogP contribution >= 0.6 is 0 Å². The van der Waals surface area contributed by atoms with Gasteiger partial charge in [-0.05, 0) is 24.3 Å². The van der Waals surface area contributed by atoms with Crippen molar-refractivity contribution in [2.24, 2.45) is 0 Å². The lowest BCUT2D eigenvalue weighted by Gasteiger charge is -2.34. The lowest BCUT2D eigenvalue weighted by Crippen LogP contribution is -2.48. The maximum Gasteiger partial charge on any atom is 0.503 e. The number of nitrogens with zero attached hydrogens (tertiary/aromatic N) is 4. The SMILES string of the molecule is O=C(c1cccnc1S(=O)(=O)C(F)(F)F)N1CCN(Cc2ccccn2)CC1. The Labute approximate surface area is 159 Å². The number of alkyl halides is 3. The first-order valence-electron chi connectivity index (χ1n) is 8.38. The van der Waals surface area contributed by atoms with Crippen LogP contribution in [-0.4, -0.2) is 65.8 Å². The van der Waals surface area contributed by atoms with Gasteiger partial charge in [0.1, 0.15) is 0 Å². The van der Waals surface area contributed by atoms with Crippen LogP contribution in [0.4, 0.5) is 13.2 Å². The molecule has 0 aromatic carbocycles. The molecule has 1 aliphatic heterocycles. The Hall–Kier alpha value is -2.53. The predicted octanol–water partition coefficient (Wildman–Crippen LogP) is 1.73. The predicted molar refractivity (Wildman–Crippen MR) is 92.9 cm³/mol. The summed E-state index contributed by atoms with van der Waals surface area (Å²) in [6.45, 7) is 2.08. The van der Waals surface area contributed by atoms with Crippen LogP contribution < -0.4 is 0 Å². The minimum atomic E-state index is -5.72. The third-order valence-corrected chi connectivity index (χ3v) is 5.78. The number of aromatic nitrogens is 2. The third-order valence-electron chi connectivity index (χ3n) is 4.33. The lowest BCUT2D eigenvalue weighted by atomic mass is 10.2. The third kappa shape index (κ3) is 4.14. The van der Waals surface area contributed by atoms with Crippen LogP contribution in [0.15, 0.2) is 47.8 Å². The molecule has 0 saturated carbocycles. The molecule has 28 heavy (non-hydrogen) atoms. The smallest absolute Gasteiger partial charge is 0.336 e. The Bertz CT molecular complexity index is 944. The number of pyridine rings is 2. The largest absolute Gasteiger partial charge is 0.503 e. The highest BCUT2D eigenvalue weighted by Gasteiger charge is 2.49. The molecule has 0 atom stereocenters. The fourth-order valence-electron chi connectivity index (χ4n) is 2.88. The van der Waals surface area contributed by atoms with Gasteiger partial charge >= 0.3 is 5.51 Å². The Kier molecular flexibility index (Phi) is 5.66. The van der Waals surface area contributed by atoms with Gasteiger partial charge in [0.05, 0.1) is 11.3 Å². The molecule has 1 fully saturated rings. The van der Waals surface area contributed by atoms with Gasteiger partial charge in [-0.2, -0.15) is 13.2 Å². The van der Waals surface area contributed by atoms with Gasteiger partial charge in [-0.25, -0.2) is 13.4 Å². The fourth-order valence-corrected chi connectivity index (χ4v) is 3.74. The minimum Gasteiger partial charge on any atom is -0.336 e. The van der Waals surface area contributed by atoms with Gasteiger partial charge in [-0.3, -0.25) is 14.7 Å². The maximum absolute atomic E-state index is 12.9. The zero-order valence-electron chi connectivity index (χ0n) is 14.6. The van der Waals surface area contributed by atoms with Gasteiger partial charge in [0.25, 0.3) is 15.7 Å². The van der Waals surface area contributed by atoms with Crippen LogP contribution in [0.1, 0.15) is 16.1 Å². The molecular formula is C17H17F3N4O3S. The van der Waals surface area contributed by atoms with Gasteiger partial charge < -0.3 is 4.90 Å². The van der Waals surface area contributed by atoms with Gasteiger partial charge in [0.15, 0.2) is 5.03 Å². The van der Waals surface area contributed by atoms with E-state index in [0.717, 1.165) is 18.0 Å². The second-order valence-electron chi connectivity index (χ2n) is 6.19. The Morgan fingerprint density at radius 3 is 2.29 bits per heavy atom. The molecular weight excluding hydrogens is 397 g/mol. The molecule has 150 valence electrons. The summed E-state index contributed by atoms with van der Waals surface area (Å²) >= 11 is 0. The Morgan fingerprint density at radius 1 is 1.00 bits per heavy atom. The number of sulfone groups is 1. The Balaban J connectivity index is 1.73. The molecule has 0 bridgehead atoms. The zero-order valence-corrected chi connectivity index (χ0v) is 15.4. The first-order valence-corrected chi connectivity index (χ1v) is 9.86. The molecule has 7 nitrogen and oxygen atoms in total. The van der Waals surface area contributed by atoms with Crippen molar-refractivity contribution < 1.29 is 26.4 Å². The molecule has 3 rings (SSSR count). The highest BCUT2D eigenvalue weighted by atomic mass is 32.2. The van der Waals surface area contributed by atoms with Crippen molar-refractivity contribution in [1.29, 1.82) is 0 Å². The summed E-state index contributed by atoms with van der Waals surface area (Å²) in [6.07, 6.45) is 2.60. The molecule has 0 spiro atoms. The average Bonchev–Trinajstić information content (AvgIpc) is 2.68. The minimum absolute atomic E-state index is 0.256. The second kappa shape index (κ2) is 7.84. The van der Waals surface area contributed by atoms with Crippen LogP contribution in [0.25, 0.3) is 0 Å². The van der Waals surface area contributed by atoms with Crippen molar-refractivity contribution in [3.8, 4) is 0 Å². The summed E-state index contributed by atoms with van der Waals surface area (Å²) in [7, 11) is -5.72. The van der Waals surface area contributed by atoms with Crippen molar-refractivity contribution in [2.45, 2.75) is 17.1 Å². The molecule has 1 saturated heterocycles. The molecule has 1 amide bonds. The van der Waals surface area contributed by atoms with Crippen LogP contribution in [-0.2, 0) is 16.4 Å². The van der Waals surface area contributed by atoms with E-state index in [1.807, 2.05) is 12.1 Å². The fraction of sp³-hybridized carbons (Fsp3) is 0.353. The lowest BCUT2D eigenvalue weighted by molar-refractivity contribution is -0.0438. The molecule has 11 heteroatoms. The van der Waals surface area contributed by atoms with Crippen molar-refractivity contribution in [3.05, 3.63) is 54.0 Å². The number of carbonyl (C=O) groups excluding carboxylic acids is 1. The van der Waals surface area contributed by atoms with E-state index in [2.05, 4.69) is 14.9 Å². The number of carbonyl (C=O) groups is 1. The standard InChI is InChI=1S/C17H17F3N4O3S/c18-17(19,20)28(26,27)15-14(5-3-7-22-15)16(25)24-10-8-23(9-11-24)12-13-4-1-2-6-21-13/h1-7H,8-12H2. The quantitative estimate of drug-likeness (QED) is 0.758. The first kappa shape index (κ1) is 20.2. The van der Waals surface area contributed by atoms with E-state index >= 15 is 0 Å². The van der Waals surface area contributed by atoms with E-state index in [1.54, 1.807) is 12.3 Å². The van der Waals surface area contributed by atoms with Gasteiger partial charge in [-0.1, -0.05) is 6.07 Å². The highest BCUT2D eigenvalue weighted by molar-refractivity contribution is 7.92. The zero-order chi connectivity index (χ0) is 20.4. The molecule has 2 aromatic rings. The topological polar surface area (TPSA) is 83.5 Å². The first-order chi connectivity index (χ1) is 13.2. The molecule has 0 aliphatic carbocycles. The highest BCUT2D eigenvalue weighted by Crippen LogP contribution is 2.31. The summed E-state index contributed by atoms with van der Waals surface area (Å²) < 4.78 is 62.2. The second-order valence-corrected chi connectivity index (χ2v) is 8.05. The Morgan fingerprint density at radius 2 is 1.68 bits per heavy atom. The van der Waals surface area contributed by atoms with Crippen molar-refractivity contribution in [2.75, 3.05) is 26.2 Å². The number of piperazine rings is 1. The summed E-state index contributed by atoms with van der Waals surface area (Å²) in [5.41, 5.74) is -5.23. The summed E-state index contributed by atoms with van der Waals surface area (Å²) in [5.74, 6) is -0.784. The molecule has 3 heterocycles. The summed E-state index contributed by atoms with van der Waals surface area (Å²) in [4.78, 5) is 23.6. The monoisotopic (exact) mass is 414 g/mol. The van der Waals surface area contributed by atoms with Gasteiger partial charge in [0, 0.05) is 45.1 Å². The molecule has 1 aliphatic rings. The van der Waals surface area contributed by atoms with Crippen LogP contribution in [0.3, 0.4) is 0 Å². The number of hydrogen-bond donors (Lipinski definition) is 0. The van der Waals surface area contributed by atoms with Crippen LogP contribution in [0.2, 0.25) is 0 Å². The van der Waals surface area contributed by atoms with E-state index < -0.39 is 31.8 Å². The van der Waals surface area contributed by atoms with E-state index in [0.29, 0.717) is 19.6 Å². The van der Waals surface area contributed by atoms with Gasteiger partial charge in [0.2, 0.25) is 0 Å². The van der Waals surface area contributed by atoms with E-state index in [9.17, 15) is 26.4 Å². The van der Waals surface area contributed by atoms with Crippen LogP contribution in [0, 0.1) is 0 Å². The van der Waals surface area contributed by atoms with Crippen molar-refractivity contribution >= 4 is 15.7 Å². The molecule has 2 aromatic heterocycles. The van der Waals surface area contributed by atoms with Crippen molar-refractivity contribution in [1.82, 2.24) is 19.8 Å². The average molecular weight is 414 g/mol. The van der Waals surface area contributed by atoms with E-state index in [4.69, 9.17) is 0 Å². The van der Waals surface area contributed by atoms with Gasteiger partial charge in [-0.15, -0.1) is 0 Å².